The highest BCUT2D eigenvalue weighted by atomic mass is 35.5. The number of halogens is 1. The molecule has 3 heteroatoms. The van der Waals surface area contributed by atoms with E-state index in [0.29, 0.717) is 0 Å². The molecule has 0 fully saturated rings. The second-order valence-electron chi connectivity index (χ2n) is 7.23. The van der Waals surface area contributed by atoms with Gasteiger partial charge in [-0.1, -0.05) is 72.8 Å². The third-order valence-corrected chi connectivity index (χ3v) is 11.1. The molecular weight excluding hydrogens is 423 g/mol. The quantitative estimate of drug-likeness (QED) is 0.364. The van der Waals surface area contributed by atoms with Crippen molar-refractivity contribution < 1.29 is 12.4 Å². The number of benzene rings is 4. The minimum absolute atomic E-state index is 0. The molecule has 0 saturated carbocycles. The average molecular weight is 445 g/mol. The van der Waals surface area contributed by atoms with Crippen LogP contribution < -0.4 is 28.3 Å². The highest BCUT2D eigenvalue weighted by Gasteiger charge is 2.45. The van der Waals surface area contributed by atoms with Crippen molar-refractivity contribution in [3.63, 3.8) is 0 Å². The molecule has 5 aromatic rings. The highest BCUT2D eigenvalue weighted by Crippen LogP contribution is 2.59. The predicted octanol–water partition coefficient (Wildman–Crippen LogP) is 3.40. The first-order valence-corrected chi connectivity index (χ1v) is 12.7. The topological polar surface area (TPSA) is 0 Å². The molecule has 1 heterocycles. The van der Waals surface area contributed by atoms with Gasteiger partial charge in [-0.05, 0) is 53.9 Å². The first-order valence-electron chi connectivity index (χ1n) is 9.89. The van der Waals surface area contributed by atoms with Gasteiger partial charge in [0.15, 0.2) is 0 Å². The molecule has 0 aliphatic heterocycles. The predicted molar refractivity (Wildman–Crippen MR) is 131 cm³/mol. The molecular formula is C27H22ClPS. The fourth-order valence-corrected chi connectivity index (χ4v) is 9.86. The number of hydrogen-bond acceptors (Lipinski definition) is 1. The van der Waals surface area contributed by atoms with Gasteiger partial charge in [-0.2, -0.15) is 0 Å². The summed E-state index contributed by atoms with van der Waals surface area (Å²) in [7, 11) is -1.82. The Hall–Kier alpha value is -2.44. The first kappa shape index (κ1) is 20.8. The van der Waals surface area contributed by atoms with Crippen molar-refractivity contribution in [3.05, 3.63) is 126 Å². The summed E-state index contributed by atoms with van der Waals surface area (Å²) in [5, 5.41) is 5.67. The minimum atomic E-state index is -1.82. The van der Waals surface area contributed by atoms with Crippen molar-refractivity contribution >= 4 is 44.6 Å². The van der Waals surface area contributed by atoms with E-state index in [9.17, 15) is 0 Å². The van der Waals surface area contributed by atoms with Gasteiger partial charge in [-0.25, -0.2) is 0 Å². The van der Waals surface area contributed by atoms with E-state index in [-0.39, 0.29) is 12.4 Å². The van der Waals surface area contributed by atoms with Crippen LogP contribution in [0.15, 0.2) is 121 Å². The van der Waals surface area contributed by atoms with E-state index in [2.05, 4.69) is 121 Å². The Kier molecular flexibility index (Phi) is 6.35. The van der Waals surface area contributed by atoms with Crippen LogP contribution in [0.1, 0.15) is 4.88 Å². The van der Waals surface area contributed by atoms with Gasteiger partial charge in [0.1, 0.15) is 29.3 Å². The Morgan fingerprint density at radius 2 is 0.967 bits per heavy atom. The maximum atomic E-state index is 2.39. The maximum Gasteiger partial charge on any atom is 0.117 e. The van der Waals surface area contributed by atoms with Crippen LogP contribution in [-0.2, 0) is 6.16 Å². The van der Waals surface area contributed by atoms with Gasteiger partial charge in [0, 0.05) is 9.58 Å². The molecule has 0 nitrogen and oxygen atoms in total. The van der Waals surface area contributed by atoms with E-state index in [1.165, 1.54) is 30.9 Å². The molecule has 0 amide bonds. The van der Waals surface area contributed by atoms with Gasteiger partial charge in [-0.3, -0.25) is 0 Å². The van der Waals surface area contributed by atoms with E-state index in [0.717, 1.165) is 6.16 Å². The molecule has 148 valence electrons. The fourth-order valence-electron chi connectivity index (χ4n) is 4.12. The van der Waals surface area contributed by atoms with Crippen LogP contribution in [-0.4, -0.2) is 0 Å². The third-order valence-electron chi connectivity index (χ3n) is 5.46. The van der Waals surface area contributed by atoms with Crippen molar-refractivity contribution in [2.45, 2.75) is 6.16 Å². The number of rotatable bonds is 5. The molecule has 0 bridgehead atoms. The summed E-state index contributed by atoms with van der Waals surface area (Å²) in [6.07, 6.45) is 1.05. The lowest BCUT2D eigenvalue weighted by Gasteiger charge is -2.27. The van der Waals surface area contributed by atoms with E-state index >= 15 is 0 Å². The molecule has 4 aromatic carbocycles. The van der Waals surface area contributed by atoms with Crippen molar-refractivity contribution in [2.75, 3.05) is 0 Å². The van der Waals surface area contributed by atoms with Crippen molar-refractivity contribution in [1.82, 2.24) is 0 Å². The van der Waals surface area contributed by atoms with Crippen LogP contribution in [0.4, 0.5) is 0 Å². The summed E-state index contributed by atoms with van der Waals surface area (Å²) in [6.45, 7) is 0. The Balaban J connectivity index is 0.00000218. The number of fused-ring (bicyclic) bond motifs is 1. The molecule has 0 aliphatic rings. The summed E-state index contributed by atoms with van der Waals surface area (Å²) in [5.74, 6) is 0. The summed E-state index contributed by atoms with van der Waals surface area (Å²) < 4.78 is 1.37. The Bertz CT molecular complexity index is 1090. The van der Waals surface area contributed by atoms with E-state index in [1.807, 2.05) is 11.3 Å². The van der Waals surface area contributed by atoms with Crippen LogP contribution in [0.3, 0.4) is 0 Å². The minimum Gasteiger partial charge on any atom is -1.00 e. The number of hydrogen-bond donors (Lipinski definition) is 0. The van der Waals surface area contributed by atoms with E-state index in [4.69, 9.17) is 0 Å². The Morgan fingerprint density at radius 1 is 0.533 bits per heavy atom. The molecule has 0 spiro atoms. The number of thiophene rings is 1. The maximum absolute atomic E-state index is 2.39. The summed E-state index contributed by atoms with van der Waals surface area (Å²) in [6, 6.07) is 44.5. The molecule has 0 aliphatic carbocycles. The van der Waals surface area contributed by atoms with E-state index in [1.54, 1.807) is 0 Å². The fraction of sp³-hybridized carbons (Fsp3) is 0.0370. The van der Waals surface area contributed by atoms with Crippen molar-refractivity contribution in [1.29, 1.82) is 0 Å². The average Bonchev–Trinajstić information content (AvgIpc) is 3.22. The van der Waals surface area contributed by atoms with Gasteiger partial charge >= 0.3 is 0 Å². The Labute approximate surface area is 189 Å². The highest BCUT2D eigenvalue weighted by molar-refractivity contribution is 7.95. The van der Waals surface area contributed by atoms with Crippen molar-refractivity contribution in [2.24, 2.45) is 0 Å². The van der Waals surface area contributed by atoms with Crippen molar-refractivity contribution in [3.8, 4) is 0 Å². The third kappa shape index (κ3) is 3.82. The molecule has 1 aromatic heterocycles. The summed E-state index contributed by atoms with van der Waals surface area (Å²) in [4.78, 5) is 1.45. The smallest absolute Gasteiger partial charge is 0.117 e. The van der Waals surface area contributed by atoms with Gasteiger partial charge in [-0.15, -0.1) is 11.3 Å². The standard InChI is InChI=1S/C27H22PS.ClH/c1-4-13-23(14-5-1)28(24-15-6-2-7-16-24,25-17-8-3-9-18-25)21-26-20-22-12-10-11-19-27(22)29-26;/h1-20H,21H2;1H/q+1;/p-1. The van der Waals surface area contributed by atoms with Crippen LogP contribution >= 0.6 is 18.6 Å². The zero-order valence-corrected chi connectivity index (χ0v) is 19.0. The normalized spacial score (nSPS) is 11.2. The second kappa shape index (κ2) is 9.14. The molecule has 0 atom stereocenters. The van der Waals surface area contributed by atoms with Crippen LogP contribution in [0, 0.1) is 0 Å². The molecule has 5 rings (SSSR count). The Morgan fingerprint density at radius 3 is 1.43 bits per heavy atom. The largest absolute Gasteiger partial charge is 1.00 e. The lowest BCUT2D eigenvalue weighted by molar-refractivity contribution is -0.00000544. The molecule has 0 N–H and O–H groups in total. The SMILES string of the molecule is [Cl-].c1ccc([P+](Cc2cc3ccccc3s2)(c2ccccc2)c2ccccc2)cc1. The second-order valence-corrected chi connectivity index (χ2v) is 11.9. The van der Waals surface area contributed by atoms with Crippen LogP contribution in [0.2, 0.25) is 0 Å². The first-order chi connectivity index (χ1) is 14.4. The lowest BCUT2D eigenvalue weighted by atomic mass is 10.2. The van der Waals surface area contributed by atoms with Gasteiger partial charge in [0.2, 0.25) is 0 Å². The lowest BCUT2D eigenvalue weighted by Crippen LogP contribution is -3.00. The molecule has 30 heavy (non-hydrogen) atoms. The van der Waals surface area contributed by atoms with Gasteiger partial charge < -0.3 is 12.4 Å². The zero-order valence-electron chi connectivity index (χ0n) is 16.5. The van der Waals surface area contributed by atoms with Crippen LogP contribution in [0.5, 0.6) is 0 Å². The zero-order chi connectivity index (χ0) is 19.5. The van der Waals surface area contributed by atoms with Gasteiger partial charge in [0.25, 0.3) is 0 Å². The molecule has 0 saturated heterocycles. The molecule has 0 radical (unpaired) electrons. The monoisotopic (exact) mass is 444 g/mol. The van der Waals surface area contributed by atoms with Crippen LogP contribution in [0.25, 0.3) is 10.1 Å². The summed E-state index contributed by atoms with van der Waals surface area (Å²) >= 11 is 1.94. The van der Waals surface area contributed by atoms with E-state index < -0.39 is 7.26 Å². The summed E-state index contributed by atoms with van der Waals surface area (Å²) in [5.41, 5.74) is 0. The molecule has 0 unspecified atom stereocenters. The van der Waals surface area contributed by atoms with Gasteiger partial charge in [0.05, 0.1) is 0 Å².